The van der Waals surface area contributed by atoms with Gasteiger partial charge in [-0.05, 0) is 61.9 Å². The Balaban J connectivity index is 1.35. The molecular formula is C23H28N6OS. The molecule has 0 unspecified atom stereocenters. The quantitative estimate of drug-likeness (QED) is 0.632. The van der Waals surface area contributed by atoms with E-state index in [0.717, 1.165) is 42.5 Å². The number of pyridine rings is 1. The molecule has 1 saturated heterocycles. The standard InChI is InChI=1S/C23H28N6OS/c1-16-6-8-24-20(14-16)27-21-15-22(26-18(3)25-21)28-9-11-29(12-10-28)23(30)5-4-19-17(2)7-13-31-19/h6-8,13-15H,4-5,9-12H2,1-3H3,(H,24,25,26,27). The smallest absolute Gasteiger partial charge is 0.223 e. The third-order valence-electron chi connectivity index (χ3n) is 5.49. The molecular weight excluding hydrogens is 408 g/mol. The molecule has 7 nitrogen and oxygen atoms in total. The number of carbonyl (C=O) groups excluding carboxylic acids is 1. The average Bonchev–Trinajstić information content (AvgIpc) is 3.16. The van der Waals surface area contributed by atoms with Crippen molar-refractivity contribution < 1.29 is 4.79 Å². The largest absolute Gasteiger partial charge is 0.353 e. The molecule has 0 atom stereocenters. The molecule has 1 N–H and O–H groups in total. The molecule has 1 fully saturated rings. The number of amides is 1. The number of nitrogens with one attached hydrogen (secondary N) is 1. The highest BCUT2D eigenvalue weighted by molar-refractivity contribution is 7.10. The van der Waals surface area contributed by atoms with Gasteiger partial charge in [-0.25, -0.2) is 15.0 Å². The summed E-state index contributed by atoms with van der Waals surface area (Å²) in [5.74, 6) is 3.31. The van der Waals surface area contributed by atoms with E-state index < -0.39 is 0 Å². The van der Waals surface area contributed by atoms with Crippen molar-refractivity contribution in [3.63, 3.8) is 0 Å². The van der Waals surface area contributed by atoms with Crippen molar-refractivity contribution in [1.82, 2.24) is 19.9 Å². The highest BCUT2D eigenvalue weighted by atomic mass is 32.1. The topological polar surface area (TPSA) is 74.2 Å². The number of rotatable bonds is 6. The summed E-state index contributed by atoms with van der Waals surface area (Å²) in [6, 6.07) is 8.02. The minimum absolute atomic E-state index is 0.235. The maximum atomic E-state index is 12.7. The molecule has 0 aliphatic carbocycles. The lowest BCUT2D eigenvalue weighted by Crippen LogP contribution is -2.49. The van der Waals surface area contributed by atoms with E-state index in [4.69, 9.17) is 0 Å². The Morgan fingerprint density at radius 1 is 1.06 bits per heavy atom. The number of thiophene rings is 1. The normalized spacial score (nSPS) is 14.0. The number of hydrogen-bond acceptors (Lipinski definition) is 7. The van der Waals surface area contributed by atoms with Crippen LogP contribution in [0.2, 0.25) is 0 Å². The van der Waals surface area contributed by atoms with Crippen LogP contribution in [0, 0.1) is 20.8 Å². The Hall–Kier alpha value is -3.00. The number of hydrogen-bond donors (Lipinski definition) is 1. The summed E-state index contributed by atoms with van der Waals surface area (Å²) >= 11 is 1.74. The van der Waals surface area contributed by atoms with Gasteiger partial charge in [-0.3, -0.25) is 4.79 Å². The highest BCUT2D eigenvalue weighted by Gasteiger charge is 2.22. The number of nitrogens with zero attached hydrogens (tertiary/aromatic N) is 5. The van der Waals surface area contributed by atoms with Crippen LogP contribution in [0.3, 0.4) is 0 Å². The minimum atomic E-state index is 0.235. The third-order valence-corrected chi connectivity index (χ3v) is 6.57. The van der Waals surface area contributed by atoms with Gasteiger partial charge in [0.2, 0.25) is 5.91 Å². The second-order valence-corrected chi connectivity index (χ2v) is 8.90. The maximum absolute atomic E-state index is 12.7. The van der Waals surface area contributed by atoms with Crippen molar-refractivity contribution in [2.45, 2.75) is 33.6 Å². The van der Waals surface area contributed by atoms with Gasteiger partial charge in [0.1, 0.15) is 23.3 Å². The van der Waals surface area contributed by atoms with E-state index in [1.807, 2.05) is 36.9 Å². The zero-order valence-electron chi connectivity index (χ0n) is 18.3. The molecule has 8 heteroatoms. The lowest BCUT2D eigenvalue weighted by atomic mass is 10.2. The zero-order chi connectivity index (χ0) is 21.8. The van der Waals surface area contributed by atoms with Crippen LogP contribution >= 0.6 is 11.3 Å². The molecule has 31 heavy (non-hydrogen) atoms. The second kappa shape index (κ2) is 9.43. The number of carbonyl (C=O) groups is 1. The molecule has 1 aliphatic heterocycles. The van der Waals surface area contributed by atoms with Crippen molar-refractivity contribution in [2.75, 3.05) is 36.4 Å². The predicted octanol–water partition coefficient (Wildman–Crippen LogP) is 3.88. The molecule has 4 rings (SSSR count). The van der Waals surface area contributed by atoms with Crippen LogP contribution < -0.4 is 10.2 Å². The fourth-order valence-electron chi connectivity index (χ4n) is 3.74. The first-order valence-corrected chi connectivity index (χ1v) is 11.5. The molecule has 3 aromatic heterocycles. The van der Waals surface area contributed by atoms with Crippen LogP contribution in [-0.2, 0) is 11.2 Å². The van der Waals surface area contributed by atoms with Crippen molar-refractivity contribution in [3.8, 4) is 0 Å². The van der Waals surface area contributed by atoms with E-state index in [-0.39, 0.29) is 5.91 Å². The Labute approximate surface area is 187 Å². The van der Waals surface area contributed by atoms with Gasteiger partial charge in [-0.1, -0.05) is 0 Å². The first-order chi connectivity index (χ1) is 15.0. The highest BCUT2D eigenvalue weighted by Crippen LogP contribution is 2.22. The molecule has 0 spiro atoms. The van der Waals surface area contributed by atoms with Gasteiger partial charge in [-0.2, -0.15) is 0 Å². The Kier molecular flexibility index (Phi) is 6.46. The molecule has 4 heterocycles. The maximum Gasteiger partial charge on any atom is 0.223 e. The van der Waals surface area contributed by atoms with Crippen LogP contribution in [0.4, 0.5) is 17.5 Å². The first kappa shape index (κ1) is 21.2. The number of aryl methyl sites for hydroxylation is 4. The van der Waals surface area contributed by atoms with E-state index in [1.165, 1.54) is 10.4 Å². The Morgan fingerprint density at radius 3 is 2.58 bits per heavy atom. The second-order valence-electron chi connectivity index (χ2n) is 7.90. The van der Waals surface area contributed by atoms with Crippen LogP contribution in [-0.4, -0.2) is 51.9 Å². The van der Waals surface area contributed by atoms with Gasteiger partial charge in [0, 0.05) is 49.7 Å². The minimum Gasteiger partial charge on any atom is -0.353 e. The third kappa shape index (κ3) is 5.38. The summed E-state index contributed by atoms with van der Waals surface area (Å²) in [6.07, 6.45) is 3.18. The molecule has 1 aliphatic rings. The summed E-state index contributed by atoms with van der Waals surface area (Å²) in [4.78, 5) is 31.6. The summed E-state index contributed by atoms with van der Waals surface area (Å²) in [5.41, 5.74) is 2.42. The van der Waals surface area contributed by atoms with Gasteiger partial charge >= 0.3 is 0 Å². The van der Waals surface area contributed by atoms with E-state index in [1.54, 1.807) is 17.5 Å². The van der Waals surface area contributed by atoms with Gasteiger partial charge in [0.05, 0.1) is 0 Å². The van der Waals surface area contributed by atoms with E-state index in [2.05, 4.69) is 43.5 Å². The fourth-order valence-corrected chi connectivity index (χ4v) is 4.65. The average molecular weight is 437 g/mol. The Morgan fingerprint density at radius 2 is 1.87 bits per heavy atom. The van der Waals surface area contributed by atoms with Crippen LogP contribution in [0.1, 0.15) is 28.2 Å². The lowest BCUT2D eigenvalue weighted by Gasteiger charge is -2.35. The number of aromatic nitrogens is 3. The molecule has 0 saturated carbocycles. The van der Waals surface area contributed by atoms with Crippen molar-refractivity contribution >= 4 is 34.7 Å². The molecule has 3 aromatic rings. The van der Waals surface area contributed by atoms with Gasteiger partial charge < -0.3 is 15.1 Å². The predicted molar refractivity (Wildman–Crippen MR) is 125 cm³/mol. The van der Waals surface area contributed by atoms with Gasteiger partial charge in [0.15, 0.2) is 0 Å². The summed E-state index contributed by atoms with van der Waals surface area (Å²) in [5, 5.41) is 5.37. The van der Waals surface area contributed by atoms with E-state index in [9.17, 15) is 4.79 Å². The van der Waals surface area contributed by atoms with Gasteiger partial charge in [0.25, 0.3) is 0 Å². The molecule has 0 aromatic carbocycles. The summed E-state index contributed by atoms with van der Waals surface area (Å²) in [6.45, 7) is 9.00. The molecule has 0 bridgehead atoms. The van der Waals surface area contributed by atoms with E-state index in [0.29, 0.717) is 25.3 Å². The van der Waals surface area contributed by atoms with Crippen molar-refractivity contribution in [3.05, 3.63) is 57.7 Å². The lowest BCUT2D eigenvalue weighted by molar-refractivity contribution is -0.131. The van der Waals surface area contributed by atoms with Crippen molar-refractivity contribution in [2.24, 2.45) is 0 Å². The van der Waals surface area contributed by atoms with E-state index >= 15 is 0 Å². The SMILES string of the molecule is Cc1ccnc(Nc2cc(N3CCN(C(=O)CCc4sccc4C)CC3)nc(C)n2)c1. The van der Waals surface area contributed by atoms with Crippen LogP contribution in [0.25, 0.3) is 0 Å². The summed E-state index contributed by atoms with van der Waals surface area (Å²) in [7, 11) is 0. The molecule has 0 radical (unpaired) electrons. The van der Waals surface area contributed by atoms with Crippen LogP contribution in [0.5, 0.6) is 0 Å². The van der Waals surface area contributed by atoms with Crippen molar-refractivity contribution in [1.29, 1.82) is 0 Å². The monoisotopic (exact) mass is 436 g/mol. The van der Waals surface area contributed by atoms with Gasteiger partial charge in [-0.15, -0.1) is 11.3 Å². The molecule has 162 valence electrons. The number of piperazine rings is 1. The first-order valence-electron chi connectivity index (χ1n) is 10.6. The number of anilines is 3. The molecule has 1 amide bonds. The summed E-state index contributed by atoms with van der Waals surface area (Å²) < 4.78 is 0. The zero-order valence-corrected chi connectivity index (χ0v) is 19.1. The fraction of sp³-hybridized carbons (Fsp3) is 0.391. The Bertz CT molecular complexity index is 1060. The van der Waals surface area contributed by atoms with Crippen LogP contribution in [0.15, 0.2) is 35.8 Å².